The number of carbonyl (C=O) groups excluding carboxylic acids is 2. The van der Waals surface area contributed by atoms with E-state index in [1.165, 1.54) is 6.39 Å². The summed E-state index contributed by atoms with van der Waals surface area (Å²) in [6.45, 7) is 7.55. The Bertz CT molecular complexity index is 955. The summed E-state index contributed by atoms with van der Waals surface area (Å²) >= 11 is 0. The highest BCUT2D eigenvalue weighted by Crippen LogP contribution is 2.49. The van der Waals surface area contributed by atoms with E-state index in [1.807, 2.05) is 11.1 Å². The molecule has 1 unspecified atom stereocenters. The second-order valence-corrected chi connectivity index (χ2v) is 9.30. The Hall–Kier alpha value is -2.64. The Labute approximate surface area is 169 Å². The number of aryl methyl sites for hydroxylation is 1. The van der Waals surface area contributed by atoms with Gasteiger partial charge in [0.2, 0.25) is 11.7 Å². The molecule has 29 heavy (non-hydrogen) atoms. The molecule has 1 saturated heterocycles. The molecule has 1 N–H and O–H groups in total. The summed E-state index contributed by atoms with van der Waals surface area (Å²) < 4.78 is 7.36. The maximum atomic E-state index is 12.8. The molecule has 1 aliphatic carbocycles. The molecule has 2 fully saturated rings. The largest absolute Gasteiger partial charge is 0.438 e. The van der Waals surface area contributed by atoms with Crippen LogP contribution < -0.4 is 5.32 Å². The number of imidazole rings is 1. The maximum Gasteiger partial charge on any atom is 0.289 e. The van der Waals surface area contributed by atoms with Crippen LogP contribution in [0.3, 0.4) is 0 Å². The first-order valence-corrected chi connectivity index (χ1v) is 10.4. The van der Waals surface area contributed by atoms with Gasteiger partial charge in [-0.1, -0.05) is 13.8 Å². The van der Waals surface area contributed by atoms with Gasteiger partial charge in [-0.3, -0.25) is 9.59 Å². The van der Waals surface area contributed by atoms with Gasteiger partial charge in [-0.25, -0.2) is 9.97 Å². The third-order valence-corrected chi connectivity index (χ3v) is 6.63. The van der Waals surface area contributed by atoms with Gasteiger partial charge in [0.05, 0.1) is 17.3 Å². The van der Waals surface area contributed by atoms with Crippen LogP contribution in [0.2, 0.25) is 0 Å². The average molecular weight is 397 g/mol. The van der Waals surface area contributed by atoms with E-state index in [0.29, 0.717) is 36.5 Å². The topological polar surface area (TPSA) is 93.3 Å². The number of likely N-dealkylation sites (tertiary alicyclic amines) is 1. The average Bonchev–Trinajstić information content (AvgIpc) is 2.99. The van der Waals surface area contributed by atoms with Crippen LogP contribution in [0, 0.1) is 24.7 Å². The normalized spacial score (nSPS) is 26.5. The van der Waals surface area contributed by atoms with Crippen molar-refractivity contribution < 1.29 is 14.0 Å². The highest BCUT2D eigenvalue weighted by Gasteiger charge is 2.56. The van der Waals surface area contributed by atoms with E-state index in [4.69, 9.17) is 4.42 Å². The molecule has 4 heterocycles. The minimum atomic E-state index is -0.279. The van der Waals surface area contributed by atoms with E-state index in [0.717, 1.165) is 25.1 Å². The fourth-order valence-corrected chi connectivity index (χ4v) is 5.15. The van der Waals surface area contributed by atoms with Gasteiger partial charge >= 0.3 is 0 Å². The van der Waals surface area contributed by atoms with Crippen LogP contribution in [0.5, 0.6) is 0 Å². The lowest BCUT2D eigenvalue weighted by molar-refractivity contribution is -0.143. The maximum absolute atomic E-state index is 12.8. The fraction of sp³-hybridized carbons (Fsp3) is 0.619. The lowest BCUT2D eigenvalue weighted by Crippen LogP contribution is -2.63. The summed E-state index contributed by atoms with van der Waals surface area (Å²) in [4.78, 5) is 35.9. The number of oxazole rings is 1. The van der Waals surface area contributed by atoms with Crippen LogP contribution in [0.1, 0.15) is 61.2 Å². The van der Waals surface area contributed by atoms with Crippen molar-refractivity contribution in [1.29, 1.82) is 0 Å². The Balaban J connectivity index is 1.25. The zero-order chi connectivity index (χ0) is 20.3. The van der Waals surface area contributed by atoms with Crippen molar-refractivity contribution in [1.82, 2.24) is 24.8 Å². The predicted molar refractivity (Wildman–Crippen MR) is 104 cm³/mol. The minimum Gasteiger partial charge on any atom is -0.438 e. The highest BCUT2D eigenvalue weighted by atomic mass is 16.3. The molecular formula is C21H27N5O3. The first-order chi connectivity index (χ1) is 13.9. The van der Waals surface area contributed by atoms with Crippen molar-refractivity contribution in [3.8, 4) is 0 Å². The van der Waals surface area contributed by atoms with Crippen LogP contribution in [-0.4, -0.2) is 44.3 Å². The number of carbonyl (C=O) groups is 2. The molecule has 8 heteroatoms. The van der Waals surface area contributed by atoms with Gasteiger partial charge in [0.1, 0.15) is 5.82 Å². The second kappa shape index (κ2) is 6.43. The molecule has 3 atom stereocenters. The Morgan fingerprint density at radius 2 is 2.14 bits per heavy atom. The van der Waals surface area contributed by atoms with Gasteiger partial charge in [-0.15, -0.1) is 0 Å². The molecule has 0 bridgehead atoms. The van der Waals surface area contributed by atoms with Crippen molar-refractivity contribution in [3.05, 3.63) is 36.1 Å². The number of fused-ring (bicyclic) bond motifs is 2. The molecule has 0 radical (unpaired) electrons. The molecule has 1 saturated carbocycles. The van der Waals surface area contributed by atoms with Crippen molar-refractivity contribution in [2.75, 3.05) is 13.1 Å². The standard InChI is InChI=1S/C21H27N5O3/c1-12(2)6-14-7-15(14)20(28)25-9-21(10-25)8-16(18-22-4-5-26(18)21)24-19(27)17-13(3)23-11-29-17/h4-5,11-12,14-16H,6-10H2,1-3H3,(H,24,27)/t14-,15-,16?/m1/s1. The zero-order valence-corrected chi connectivity index (χ0v) is 17.1. The molecule has 1 spiro atoms. The molecule has 154 valence electrons. The minimum absolute atomic E-state index is 0.168. The van der Waals surface area contributed by atoms with Crippen molar-refractivity contribution in [3.63, 3.8) is 0 Å². The van der Waals surface area contributed by atoms with E-state index in [1.54, 1.807) is 13.1 Å². The first kappa shape index (κ1) is 18.4. The van der Waals surface area contributed by atoms with E-state index in [2.05, 4.69) is 33.7 Å². The summed E-state index contributed by atoms with van der Waals surface area (Å²) in [6.07, 6.45) is 7.91. The number of rotatable bonds is 5. The molecule has 0 aromatic carbocycles. The van der Waals surface area contributed by atoms with E-state index >= 15 is 0 Å². The second-order valence-electron chi connectivity index (χ2n) is 9.30. The third kappa shape index (κ3) is 2.96. The van der Waals surface area contributed by atoms with Crippen molar-refractivity contribution in [2.45, 2.75) is 51.6 Å². The zero-order valence-electron chi connectivity index (χ0n) is 17.1. The summed E-state index contributed by atoms with van der Waals surface area (Å²) in [5.74, 6) is 2.50. The van der Waals surface area contributed by atoms with Gasteiger partial charge in [-0.05, 0) is 31.6 Å². The van der Waals surface area contributed by atoms with Crippen LogP contribution >= 0.6 is 0 Å². The number of amides is 2. The molecule has 2 aromatic heterocycles. The number of hydrogen-bond acceptors (Lipinski definition) is 5. The fourth-order valence-electron chi connectivity index (χ4n) is 5.15. The summed E-state index contributed by atoms with van der Waals surface area (Å²) in [5, 5.41) is 3.04. The number of aromatic nitrogens is 3. The van der Waals surface area contributed by atoms with Crippen LogP contribution in [0.15, 0.2) is 23.2 Å². The van der Waals surface area contributed by atoms with Gasteiger partial charge < -0.3 is 19.2 Å². The van der Waals surface area contributed by atoms with Gasteiger partial charge in [0, 0.05) is 37.8 Å². The smallest absolute Gasteiger partial charge is 0.289 e. The third-order valence-electron chi connectivity index (χ3n) is 6.63. The van der Waals surface area contributed by atoms with Gasteiger partial charge in [0.25, 0.3) is 5.91 Å². The van der Waals surface area contributed by atoms with Gasteiger partial charge in [-0.2, -0.15) is 0 Å². The quantitative estimate of drug-likeness (QED) is 0.835. The Kier molecular flexibility index (Phi) is 4.08. The van der Waals surface area contributed by atoms with Crippen molar-refractivity contribution in [2.24, 2.45) is 17.8 Å². The molecule has 3 aliphatic rings. The van der Waals surface area contributed by atoms with Gasteiger partial charge in [0.15, 0.2) is 6.39 Å². The summed E-state index contributed by atoms with van der Waals surface area (Å²) in [6, 6.07) is -0.200. The van der Waals surface area contributed by atoms with E-state index < -0.39 is 0 Å². The Morgan fingerprint density at radius 1 is 1.34 bits per heavy atom. The first-order valence-electron chi connectivity index (χ1n) is 10.4. The molecule has 8 nitrogen and oxygen atoms in total. The molecular weight excluding hydrogens is 370 g/mol. The van der Waals surface area contributed by atoms with Crippen LogP contribution in [0.4, 0.5) is 0 Å². The lowest BCUT2D eigenvalue weighted by Gasteiger charge is -2.49. The molecule has 5 rings (SSSR count). The molecule has 2 aliphatic heterocycles. The molecule has 2 aromatic rings. The SMILES string of the molecule is Cc1ncoc1C(=O)NC1CC2(CN(C(=O)[C@@H]3C[C@H]3CC(C)C)C2)n2ccnc21. The molecule has 2 amide bonds. The Morgan fingerprint density at radius 3 is 2.83 bits per heavy atom. The summed E-state index contributed by atoms with van der Waals surface area (Å²) in [5.41, 5.74) is 0.401. The summed E-state index contributed by atoms with van der Waals surface area (Å²) in [7, 11) is 0. The van der Waals surface area contributed by atoms with E-state index in [-0.39, 0.29) is 29.2 Å². The number of nitrogens with one attached hydrogen (secondary N) is 1. The van der Waals surface area contributed by atoms with E-state index in [9.17, 15) is 9.59 Å². The highest BCUT2D eigenvalue weighted by molar-refractivity contribution is 5.92. The lowest BCUT2D eigenvalue weighted by atomic mass is 9.85. The van der Waals surface area contributed by atoms with Crippen LogP contribution in [0.25, 0.3) is 0 Å². The van der Waals surface area contributed by atoms with Crippen LogP contribution in [-0.2, 0) is 10.3 Å². The predicted octanol–water partition coefficient (Wildman–Crippen LogP) is 2.27. The van der Waals surface area contributed by atoms with Crippen molar-refractivity contribution >= 4 is 11.8 Å². The number of nitrogens with zero attached hydrogens (tertiary/aromatic N) is 4. The monoisotopic (exact) mass is 397 g/mol. The number of hydrogen-bond donors (Lipinski definition) is 1.